The minimum Gasteiger partial charge on any atom is -0.370 e. The van der Waals surface area contributed by atoms with Gasteiger partial charge in [-0.05, 0) is 40.5 Å². The van der Waals surface area contributed by atoms with E-state index in [0.29, 0.717) is 32.5 Å². The Morgan fingerprint density at radius 1 is 0.968 bits per heavy atom. The average Bonchev–Trinajstić information content (AvgIpc) is 3.18. The highest BCUT2D eigenvalue weighted by molar-refractivity contribution is 5.89. The molecule has 0 aliphatic rings. The fourth-order valence-corrected chi connectivity index (χ4v) is 3.87. The van der Waals surface area contributed by atoms with Crippen LogP contribution in [0, 0.1) is 0 Å². The molecule has 4 aromatic rings. The van der Waals surface area contributed by atoms with Gasteiger partial charge in [-0.2, -0.15) is 0 Å². The number of hydrogen-bond donors (Lipinski definition) is 3. The van der Waals surface area contributed by atoms with Crippen LogP contribution in [0.15, 0.2) is 77.9 Å². The predicted octanol–water partition coefficient (Wildman–Crippen LogP) is 3.56. The molecule has 5 N–H and O–H groups in total. The van der Waals surface area contributed by atoms with Crippen LogP contribution in [0.5, 0.6) is 0 Å². The second-order valence-corrected chi connectivity index (χ2v) is 7.69. The lowest BCUT2D eigenvalue weighted by Crippen LogP contribution is -2.33. The van der Waals surface area contributed by atoms with E-state index < -0.39 is 0 Å². The molecule has 0 fully saturated rings. The zero-order valence-electron chi connectivity index (χ0n) is 17.4. The Hall–Kier alpha value is -3.80. The second kappa shape index (κ2) is 9.34. The molecule has 1 heterocycles. The number of nitrogens with one attached hydrogen (secondary N) is 1. The number of hydrogen-bond acceptors (Lipinski definition) is 2. The van der Waals surface area contributed by atoms with Gasteiger partial charge >= 0.3 is 0 Å². The lowest BCUT2D eigenvalue weighted by atomic mass is 10.1. The SMILES string of the molecule is NC(N)=NCCCN(Cc1ccc2ccccc2c1)C(=O)Cc1c[nH]c2ccccc12. The molecule has 6 nitrogen and oxygen atoms in total. The fourth-order valence-electron chi connectivity index (χ4n) is 3.87. The zero-order valence-corrected chi connectivity index (χ0v) is 17.4. The number of nitrogens with zero attached hydrogens (tertiary/aromatic N) is 2. The van der Waals surface area contributed by atoms with Crippen LogP contribution in [0.2, 0.25) is 0 Å². The van der Waals surface area contributed by atoms with Crippen molar-refractivity contribution in [3.8, 4) is 0 Å². The topological polar surface area (TPSA) is 100 Å². The Balaban J connectivity index is 1.53. The smallest absolute Gasteiger partial charge is 0.227 e. The number of aromatic amines is 1. The van der Waals surface area contributed by atoms with Gasteiger partial charge in [0.25, 0.3) is 0 Å². The molecule has 0 saturated heterocycles. The van der Waals surface area contributed by atoms with E-state index in [1.165, 1.54) is 10.8 Å². The number of amides is 1. The number of nitrogens with two attached hydrogens (primary N) is 2. The van der Waals surface area contributed by atoms with Gasteiger partial charge in [0.05, 0.1) is 6.42 Å². The molecule has 0 atom stereocenters. The molecule has 3 aromatic carbocycles. The van der Waals surface area contributed by atoms with Crippen molar-refractivity contribution in [3.05, 3.63) is 84.1 Å². The van der Waals surface area contributed by atoms with Crippen molar-refractivity contribution in [2.75, 3.05) is 13.1 Å². The third-order valence-electron chi connectivity index (χ3n) is 5.44. The van der Waals surface area contributed by atoms with E-state index in [9.17, 15) is 4.79 Å². The number of para-hydroxylation sites is 1. The molecule has 0 spiro atoms. The molecule has 1 amide bonds. The number of fused-ring (bicyclic) bond motifs is 2. The number of H-pyrrole nitrogens is 1. The number of carbonyl (C=O) groups is 1. The van der Waals surface area contributed by atoms with Crippen molar-refractivity contribution in [3.63, 3.8) is 0 Å². The van der Waals surface area contributed by atoms with Crippen LogP contribution in [0.4, 0.5) is 0 Å². The fraction of sp³-hybridized carbons (Fsp3) is 0.200. The van der Waals surface area contributed by atoms with E-state index in [-0.39, 0.29) is 11.9 Å². The molecule has 0 radical (unpaired) electrons. The summed E-state index contributed by atoms with van der Waals surface area (Å²) in [6.07, 6.45) is 2.97. The average molecular weight is 414 g/mol. The summed E-state index contributed by atoms with van der Waals surface area (Å²) in [4.78, 5) is 22.5. The van der Waals surface area contributed by atoms with Crippen molar-refractivity contribution in [2.24, 2.45) is 16.5 Å². The highest BCUT2D eigenvalue weighted by atomic mass is 16.2. The van der Waals surface area contributed by atoms with Crippen molar-refractivity contribution in [2.45, 2.75) is 19.4 Å². The van der Waals surface area contributed by atoms with Gasteiger partial charge in [-0.15, -0.1) is 0 Å². The maximum absolute atomic E-state index is 13.3. The molecule has 0 aliphatic carbocycles. The van der Waals surface area contributed by atoms with Gasteiger partial charge < -0.3 is 21.4 Å². The van der Waals surface area contributed by atoms with Crippen LogP contribution < -0.4 is 11.5 Å². The number of aliphatic imine (C=N–C) groups is 1. The summed E-state index contributed by atoms with van der Waals surface area (Å²) in [6.45, 7) is 1.63. The van der Waals surface area contributed by atoms with Crippen LogP contribution in [-0.2, 0) is 17.8 Å². The molecular weight excluding hydrogens is 386 g/mol. The van der Waals surface area contributed by atoms with Gasteiger partial charge in [0.15, 0.2) is 5.96 Å². The molecule has 0 aliphatic heterocycles. The highest BCUT2D eigenvalue weighted by Crippen LogP contribution is 2.20. The number of aromatic nitrogens is 1. The van der Waals surface area contributed by atoms with Crippen LogP contribution in [0.1, 0.15) is 17.5 Å². The van der Waals surface area contributed by atoms with Gasteiger partial charge in [-0.3, -0.25) is 9.79 Å². The summed E-state index contributed by atoms with van der Waals surface area (Å²) in [7, 11) is 0. The third-order valence-corrected chi connectivity index (χ3v) is 5.44. The normalized spacial score (nSPS) is 11.0. The van der Waals surface area contributed by atoms with Crippen LogP contribution in [-0.4, -0.2) is 34.8 Å². The summed E-state index contributed by atoms with van der Waals surface area (Å²) in [5, 5.41) is 3.45. The summed E-state index contributed by atoms with van der Waals surface area (Å²) in [6, 6.07) is 22.6. The van der Waals surface area contributed by atoms with Gasteiger partial charge in [0.1, 0.15) is 0 Å². The lowest BCUT2D eigenvalue weighted by Gasteiger charge is -2.23. The molecule has 0 saturated carbocycles. The standard InChI is InChI=1S/C25H27N5O/c26-25(27)28-12-5-13-30(17-18-10-11-19-6-1-2-7-20(19)14-18)24(31)15-21-16-29-23-9-4-3-8-22(21)23/h1-4,6-11,14,16,29H,5,12-13,15,17H2,(H4,26,27,28). The Labute approximate surface area is 181 Å². The minimum absolute atomic E-state index is 0.0752. The second-order valence-electron chi connectivity index (χ2n) is 7.69. The maximum atomic E-state index is 13.3. The number of benzene rings is 3. The Morgan fingerprint density at radius 2 is 1.74 bits per heavy atom. The van der Waals surface area contributed by atoms with E-state index in [4.69, 9.17) is 11.5 Å². The number of guanidine groups is 1. The van der Waals surface area contributed by atoms with Crippen LogP contribution in [0.25, 0.3) is 21.7 Å². The molecule has 0 unspecified atom stereocenters. The van der Waals surface area contributed by atoms with Crippen LogP contribution in [0.3, 0.4) is 0 Å². The van der Waals surface area contributed by atoms with Gasteiger partial charge in [0.2, 0.25) is 5.91 Å². The van der Waals surface area contributed by atoms with Gasteiger partial charge in [-0.25, -0.2) is 0 Å². The van der Waals surface area contributed by atoms with Crippen molar-refractivity contribution in [1.82, 2.24) is 9.88 Å². The first-order valence-electron chi connectivity index (χ1n) is 10.5. The van der Waals surface area contributed by atoms with Gasteiger partial charge in [-0.1, -0.05) is 54.6 Å². The molecule has 0 bridgehead atoms. The quantitative estimate of drug-likeness (QED) is 0.234. The summed E-state index contributed by atoms with van der Waals surface area (Å²) in [5.74, 6) is 0.161. The van der Waals surface area contributed by atoms with Crippen molar-refractivity contribution < 1.29 is 4.79 Å². The van der Waals surface area contributed by atoms with E-state index in [1.54, 1.807) is 0 Å². The Morgan fingerprint density at radius 3 is 2.58 bits per heavy atom. The first-order chi connectivity index (χ1) is 15.1. The Bertz CT molecular complexity index is 1220. The highest BCUT2D eigenvalue weighted by Gasteiger charge is 2.16. The molecule has 1 aromatic heterocycles. The third kappa shape index (κ3) is 5.04. The molecule has 31 heavy (non-hydrogen) atoms. The van der Waals surface area contributed by atoms with Crippen molar-refractivity contribution in [1.29, 1.82) is 0 Å². The predicted molar refractivity (Wildman–Crippen MR) is 127 cm³/mol. The molecule has 4 rings (SSSR count). The molecule has 158 valence electrons. The largest absolute Gasteiger partial charge is 0.370 e. The van der Waals surface area contributed by atoms with Gasteiger partial charge in [0, 0.05) is 36.7 Å². The first kappa shape index (κ1) is 20.5. The first-order valence-corrected chi connectivity index (χ1v) is 10.5. The molecule has 6 heteroatoms. The van der Waals surface area contributed by atoms with E-state index in [2.05, 4.69) is 40.3 Å². The summed E-state index contributed by atoms with van der Waals surface area (Å²) in [5.41, 5.74) is 14.0. The number of rotatable bonds is 8. The van der Waals surface area contributed by atoms with E-state index >= 15 is 0 Å². The molecular formula is C25H27N5O. The summed E-state index contributed by atoms with van der Waals surface area (Å²) < 4.78 is 0. The van der Waals surface area contributed by atoms with E-state index in [0.717, 1.165) is 22.0 Å². The zero-order chi connectivity index (χ0) is 21.6. The Kier molecular flexibility index (Phi) is 6.17. The van der Waals surface area contributed by atoms with Crippen LogP contribution >= 0.6 is 0 Å². The minimum atomic E-state index is 0.0752. The number of carbonyl (C=O) groups excluding carboxylic acids is 1. The summed E-state index contributed by atoms with van der Waals surface area (Å²) >= 11 is 0. The van der Waals surface area contributed by atoms with E-state index in [1.807, 2.05) is 47.5 Å². The lowest BCUT2D eigenvalue weighted by molar-refractivity contribution is -0.131. The maximum Gasteiger partial charge on any atom is 0.227 e. The van der Waals surface area contributed by atoms with Crippen molar-refractivity contribution >= 4 is 33.5 Å². The monoisotopic (exact) mass is 413 g/mol.